The lowest BCUT2D eigenvalue weighted by Gasteiger charge is -2.15. The van der Waals surface area contributed by atoms with Gasteiger partial charge in [0.05, 0.1) is 23.6 Å². The van der Waals surface area contributed by atoms with Crippen LogP contribution in [0.15, 0.2) is 30.3 Å². The van der Waals surface area contributed by atoms with Crippen molar-refractivity contribution in [3.8, 4) is 17.2 Å². The third-order valence-electron chi connectivity index (χ3n) is 4.28. The van der Waals surface area contributed by atoms with E-state index in [9.17, 15) is 13.7 Å². The standard InChI is InChI=1S/C19H20N2O2S/c1-12-4-7-19(21-24(3,22)23)17(8-12)15-9-13(2)18(11-20)16(10-15)14-5-6-14/h4,7-10,14,21H,5-6H2,1-3H3. The Hall–Kier alpha value is -2.32. The van der Waals surface area contributed by atoms with Gasteiger partial charge in [-0.05, 0) is 67.5 Å². The number of nitrogens with zero attached hydrogens (tertiary/aromatic N) is 1. The van der Waals surface area contributed by atoms with Gasteiger partial charge in [0.15, 0.2) is 0 Å². The maximum atomic E-state index is 11.7. The lowest BCUT2D eigenvalue weighted by molar-refractivity contribution is 0.607. The Labute approximate surface area is 143 Å². The van der Waals surface area contributed by atoms with Crippen LogP contribution in [-0.2, 0) is 10.0 Å². The van der Waals surface area contributed by atoms with Crippen LogP contribution in [-0.4, -0.2) is 14.7 Å². The molecule has 2 aromatic rings. The van der Waals surface area contributed by atoms with Crippen LogP contribution in [0.2, 0.25) is 0 Å². The van der Waals surface area contributed by atoms with Gasteiger partial charge in [0.1, 0.15) is 0 Å². The highest BCUT2D eigenvalue weighted by molar-refractivity contribution is 7.92. The third kappa shape index (κ3) is 3.44. The zero-order valence-corrected chi connectivity index (χ0v) is 14.9. The number of anilines is 1. The van der Waals surface area contributed by atoms with E-state index in [1.807, 2.05) is 38.1 Å². The number of aryl methyl sites for hydroxylation is 2. The number of benzene rings is 2. The molecule has 3 rings (SSSR count). The molecule has 2 aromatic carbocycles. The van der Waals surface area contributed by atoms with E-state index in [0.717, 1.165) is 52.5 Å². The fraction of sp³-hybridized carbons (Fsp3) is 0.316. The normalized spacial score (nSPS) is 14.2. The van der Waals surface area contributed by atoms with Crippen LogP contribution >= 0.6 is 0 Å². The summed E-state index contributed by atoms with van der Waals surface area (Å²) in [7, 11) is -3.36. The minimum atomic E-state index is -3.36. The number of hydrogen-bond donors (Lipinski definition) is 1. The SMILES string of the molecule is Cc1ccc(NS(C)(=O)=O)c(-c2cc(C)c(C#N)c(C3CC3)c2)c1. The molecular formula is C19H20N2O2S. The van der Waals surface area contributed by atoms with Gasteiger partial charge in [-0.15, -0.1) is 0 Å². The largest absolute Gasteiger partial charge is 0.283 e. The average Bonchev–Trinajstić information content (AvgIpc) is 3.31. The second-order valence-electron chi connectivity index (χ2n) is 6.57. The number of sulfonamides is 1. The van der Waals surface area contributed by atoms with E-state index >= 15 is 0 Å². The molecule has 1 N–H and O–H groups in total. The van der Waals surface area contributed by atoms with Gasteiger partial charge in [-0.25, -0.2) is 8.42 Å². The van der Waals surface area contributed by atoms with Gasteiger partial charge in [0, 0.05) is 5.56 Å². The zero-order chi connectivity index (χ0) is 17.5. The Bertz CT molecular complexity index is 952. The van der Waals surface area contributed by atoms with E-state index < -0.39 is 10.0 Å². The highest BCUT2D eigenvalue weighted by Gasteiger charge is 2.27. The first-order valence-corrected chi connectivity index (χ1v) is 9.81. The van der Waals surface area contributed by atoms with Crippen molar-refractivity contribution in [1.29, 1.82) is 5.26 Å². The first-order valence-electron chi connectivity index (χ1n) is 7.92. The fourth-order valence-electron chi connectivity index (χ4n) is 3.02. The molecule has 1 saturated carbocycles. The summed E-state index contributed by atoms with van der Waals surface area (Å²) in [6.45, 7) is 3.92. The summed E-state index contributed by atoms with van der Waals surface area (Å²) in [6, 6.07) is 12.0. The molecule has 0 heterocycles. The molecule has 4 nitrogen and oxygen atoms in total. The molecule has 0 bridgehead atoms. The van der Waals surface area contributed by atoms with Crippen molar-refractivity contribution >= 4 is 15.7 Å². The summed E-state index contributed by atoms with van der Waals surface area (Å²) < 4.78 is 25.9. The monoisotopic (exact) mass is 340 g/mol. The van der Waals surface area contributed by atoms with Crippen LogP contribution in [0.25, 0.3) is 11.1 Å². The second kappa shape index (κ2) is 5.95. The molecule has 1 aliphatic carbocycles. The predicted molar refractivity (Wildman–Crippen MR) is 96.5 cm³/mol. The van der Waals surface area contributed by atoms with Crippen molar-refractivity contribution in [3.63, 3.8) is 0 Å². The van der Waals surface area contributed by atoms with E-state index in [0.29, 0.717) is 11.6 Å². The summed E-state index contributed by atoms with van der Waals surface area (Å²) in [5.74, 6) is 0.453. The smallest absolute Gasteiger partial charge is 0.229 e. The molecule has 24 heavy (non-hydrogen) atoms. The Morgan fingerprint density at radius 2 is 1.88 bits per heavy atom. The van der Waals surface area contributed by atoms with Crippen molar-refractivity contribution in [2.24, 2.45) is 0 Å². The molecule has 0 aromatic heterocycles. The van der Waals surface area contributed by atoms with Crippen LogP contribution in [0.1, 0.15) is 41.0 Å². The molecule has 5 heteroatoms. The summed E-state index contributed by atoms with van der Waals surface area (Å²) in [5.41, 5.74) is 6.18. The molecule has 0 unspecified atom stereocenters. The number of nitriles is 1. The van der Waals surface area contributed by atoms with Crippen LogP contribution in [0, 0.1) is 25.2 Å². The minimum Gasteiger partial charge on any atom is -0.283 e. The Morgan fingerprint density at radius 1 is 1.17 bits per heavy atom. The van der Waals surface area contributed by atoms with Crippen molar-refractivity contribution in [2.75, 3.05) is 11.0 Å². The molecule has 0 radical (unpaired) electrons. The molecule has 0 aliphatic heterocycles. The van der Waals surface area contributed by atoms with Gasteiger partial charge in [0.2, 0.25) is 10.0 Å². The molecule has 0 saturated heterocycles. The third-order valence-corrected chi connectivity index (χ3v) is 4.87. The predicted octanol–water partition coefficient (Wildman–Crippen LogP) is 4.09. The summed E-state index contributed by atoms with van der Waals surface area (Å²) in [5, 5.41) is 9.45. The molecule has 1 aliphatic rings. The van der Waals surface area contributed by atoms with E-state index in [1.165, 1.54) is 0 Å². The topological polar surface area (TPSA) is 70.0 Å². The lowest BCUT2D eigenvalue weighted by atomic mass is 9.92. The summed E-state index contributed by atoms with van der Waals surface area (Å²) in [4.78, 5) is 0. The average molecular weight is 340 g/mol. The maximum absolute atomic E-state index is 11.7. The fourth-order valence-corrected chi connectivity index (χ4v) is 3.60. The molecule has 0 amide bonds. The maximum Gasteiger partial charge on any atom is 0.229 e. The summed E-state index contributed by atoms with van der Waals surface area (Å²) in [6.07, 6.45) is 3.37. The van der Waals surface area contributed by atoms with E-state index in [2.05, 4.69) is 10.8 Å². The molecule has 1 fully saturated rings. The van der Waals surface area contributed by atoms with Crippen molar-refractivity contribution in [2.45, 2.75) is 32.6 Å². The van der Waals surface area contributed by atoms with Gasteiger partial charge in [-0.3, -0.25) is 4.72 Å². The number of hydrogen-bond acceptors (Lipinski definition) is 3. The molecule has 0 spiro atoms. The Balaban J connectivity index is 2.19. The number of nitrogens with one attached hydrogen (secondary N) is 1. The number of rotatable bonds is 4. The van der Waals surface area contributed by atoms with Gasteiger partial charge in [0.25, 0.3) is 0 Å². The van der Waals surface area contributed by atoms with E-state index in [-0.39, 0.29) is 0 Å². The van der Waals surface area contributed by atoms with E-state index in [4.69, 9.17) is 0 Å². The lowest BCUT2D eigenvalue weighted by Crippen LogP contribution is -2.10. The van der Waals surface area contributed by atoms with Crippen LogP contribution < -0.4 is 4.72 Å². The Morgan fingerprint density at radius 3 is 2.46 bits per heavy atom. The first-order chi connectivity index (χ1) is 11.3. The van der Waals surface area contributed by atoms with Gasteiger partial charge in [-0.1, -0.05) is 17.7 Å². The van der Waals surface area contributed by atoms with Crippen LogP contribution in [0.3, 0.4) is 0 Å². The van der Waals surface area contributed by atoms with Gasteiger partial charge < -0.3 is 0 Å². The second-order valence-corrected chi connectivity index (χ2v) is 8.32. The molecule has 124 valence electrons. The van der Waals surface area contributed by atoms with Gasteiger partial charge in [-0.2, -0.15) is 5.26 Å². The Kier molecular flexibility index (Phi) is 4.10. The van der Waals surface area contributed by atoms with Crippen molar-refractivity contribution in [1.82, 2.24) is 0 Å². The molecule has 0 atom stereocenters. The summed E-state index contributed by atoms with van der Waals surface area (Å²) >= 11 is 0. The minimum absolute atomic E-state index is 0.453. The van der Waals surface area contributed by atoms with Gasteiger partial charge >= 0.3 is 0 Å². The zero-order valence-electron chi connectivity index (χ0n) is 14.1. The quantitative estimate of drug-likeness (QED) is 0.911. The van der Waals surface area contributed by atoms with Crippen molar-refractivity contribution < 1.29 is 8.42 Å². The highest BCUT2D eigenvalue weighted by atomic mass is 32.2. The molecular weight excluding hydrogens is 320 g/mol. The van der Waals surface area contributed by atoms with Crippen LogP contribution in [0.4, 0.5) is 5.69 Å². The van der Waals surface area contributed by atoms with Crippen LogP contribution in [0.5, 0.6) is 0 Å². The van der Waals surface area contributed by atoms with Crippen molar-refractivity contribution in [3.05, 3.63) is 52.6 Å². The van der Waals surface area contributed by atoms with E-state index in [1.54, 1.807) is 6.07 Å². The first kappa shape index (κ1) is 16.5. The highest BCUT2D eigenvalue weighted by Crippen LogP contribution is 2.44.